The third-order valence-corrected chi connectivity index (χ3v) is 6.03. The fourth-order valence-corrected chi connectivity index (χ4v) is 4.15. The molecular formula is C17H23ClN4O4S. The largest absolute Gasteiger partial charge is 0.354 e. The van der Waals surface area contributed by atoms with Crippen LogP contribution in [0.15, 0.2) is 18.3 Å². The zero-order valence-corrected chi connectivity index (χ0v) is 16.7. The highest BCUT2D eigenvalue weighted by atomic mass is 35.5. The molecule has 0 spiro atoms. The summed E-state index contributed by atoms with van der Waals surface area (Å²) in [6.45, 7) is 3.69. The minimum Gasteiger partial charge on any atom is -0.354 e. The number of piperazine rings is 1. The first kappa shape index (κ1) is 21.4. The van der Waals surface area contributed by atoms with Gasteiger partial charge in [-0.1, -0.05) is 24.4 Å². The molecule has 2 heterocycles. The number of unbranched alkanes of at least 4 members (excludes halogenated alkanes) is 1. The first-order valence-corrected chi connectivity index (χ1v) is 10.6. The molecule has 0 saturated carbocycles. The first-order chi connectivity index (χ1) is 13.0. The molecule has 0 bridgehead atoms. The Labute approximate surface area is 164 Å². The molecule has 10 heteroatoms. The van der Waals surface area contributed by atoms with Crippen molar-refractivity contribution >= 4 is 33.9 Å². The lowest BCUT2D eigenvalue weighted by Crippen LogP contribution is -2.50. The highest BCUT2D eigenvalue weighted by Crippen LogP contribution is 2.18. The van der Waals surface area contributed by atoms with E-state index in [1.54, 1.807) is 12.3 Å². The normalized spacial score (nSPS) is 16.3. The summed E-state index contributed by atoms with van der Waals surface area (Å²) in [7, 11) is -3.58. The summed E-state index contributed by atoms with van der Waals surface area (Å²) in [5, 5.41) is 0.555. The number of hydrogen-bond donors (Lipinski definition) is 1. The van der Waals surface area contributed by atoms with Crippen LogP contribution in [0.4, 0.5) is 5.82 Å². The van der Waals surface area contributed by atoms with Crippen LogP contribution in [-0.2, 0) is 19.7 Å². The van der Waals surface area contributed by atoms with Crippen molar-refractivity contribution in [1.29, 1.82) is 0 Å². The number of halogens is 1. The Morgan fingerprint density at radius 1 is 1.37 bits per heavy atom. The number of hydroxylamine groups is 1. The second-order valence-corrected chi connectivity index (χ2v) is 8.36. The van der Waals surface area contributed by atoms with Gasteiger partial charge in [-0.2, -0.15) is 4.31 Å². The number of sulfonamides is 1. The van der Waals surface area contributed by atoms with E-state index in [9.17, 15) is 13.2 Å². The second-order valence-electron chi connectivity index (χ2n) is 5.91. The molecule has 1 unspecified atom stereocenters. The van der Waals surface area contributed by atoms with E-state index in [-0.39, 0.29) is 5.75 Å². The van der Waals surface area contributed by atoms with Crippen molar-refractivity contribution in [2.75, 3.05) is 36.8 Å². The number of pyridine rings is 1. The van der Waals surface area contributed by atoms with E-state index in [4.69, 9.17) is 16.4 Å². The molecular weight excluding hydrogens is 392 g/mol. The first-order valence-electron chi connectivity index (χ1n) is 8.64. The standard InChI is InChI=1S/C17H23ClN4O4S/c1-2-3-4-5-16(26-20-14-23)13-27(24,25)22-10-8-21(9-11-22)17-7-6-15(18)12-19-17/h6-7,12,14,16H,2-3,8-11,13H2,1H3,(H,20,23). The molecule has 27 heavy (non-hydrogen) atoms. The number of carbonyl (C=O) groups is 1. The maximum Gasteiger partial charge on any atom is 0.230 e. The predicted molar refractivity (Wildman–Crippen MR) is 104 cm³/mol. The van der Waals surface area contributed by atoms with Crippen molar-refractivity contribution in [2.45, 2.75) is 25.9 Å². The minimum atomic E-state index is -3.58. The van der Waals surface area contributed by atoms with Crippen molar-refractivity contribution in [2.24, 2.45) is 0 Å². The van der Waals surface area contributed by atoms with Crippen molar-refractivity contribution in [3.8, 4) is 11.8 Å². The van der Waals surface area contributed by atoms with Crippen LogP contribution in [0.5, 0.6) is 0 Å². The molecule has 1 aliphatic heterocycles. The lowest BCUT2D eigenvalue weighted by Gasteiger charge is -2.35. The average molecular weight is 415 g/mol. The molecule has 2 rings (SSSR count). The van der Waals surface area contributed by atoms with Crippen molar-refractivity contribution in [3.63, 3.8) is 0 Å². The Bertz CT molecular complexity index is 768. The van der Waals surface area contributed by atoms with Gasteiger partial charge in [0, 0.05) is 38.8 Å². The molecule has 0 radical (unpaired) electrons. The molecule has 1 N–H and O–H groups in total. The highest BCUT2D eigenvalue weighted by Gasteiger charge is 2.30. The quantitative estimate of drug-likeness (QED) is 0.388. The van der Waals surface area contributed by atoms with Gasteiger partial charge in [-0.3, -0.25) is 9.63 Å². The van der Waals surface area contributed by atoms with Crippen LogP contribution in [0.1, 0.15) is 19.8 Å². The van der Waals surface area contributed by atoms with Crippen LogP contribution < -0.4 is 10.4 Å². The van der Waals surface area contributed by atoms with E-state index < -0.39 is 16.1 Å². The zero-order chi connectivity index (χ0) is 19.7. The zero-order valence-electron chi connectivity index (χ0n) is 15.1. The van der Waals surface area contributed by atoms with Gasteiger partial charge in [-0.15, -0.1) is 5.92 Å². The Kier molecular flexibility index (Phi) is 8.31. The van der Waals surface area contributed by atoms with Crippen LogP contribution in [-0.4, -0.2) is 62.2 Å². The molecule has 148 valence electrons. The Balaban J connectivity index is 1.96. The maximum absolute atomic E-state index is 12.7. The molecule has 0 aromatic carbocycles. The molecule has 0 aliphatic carbocycles. The Morgan fingerprint density at radius 2 is 2.11 bits per heavy atom. The summed E-state index contributed by atoms with van der Waals surface area (Å²) in [6, 6.07) is 3.56. The Morgan fingerprint density at radius 3 is 2.70 bits per heavy atom. The summed E-state index contributed by atoms with van der Waals surface area (Å²) < 4.78 is 26.8. The van der Waals surface area contributed by atoms with Gasteiger partial charge in [0.25, 0.3) is 0 Å². The molecule has 1 saturated heterocycles. The summed E-state index contributed by atoms with van der Waals surface area (Å²) in [6.07, 6.45) is 2.49. The van der Waals surface area contributed by atoms with Gasteiger partial charge in [-0.05, 0) is 18.6 Å². The summed E-state index contributed by atoms with van der Waals surface area (Å²) in [5.74, 6) is 6.07. The maximum atomic E-state index is 12.7. The van der Waals surface area contributed by atoms with Crippen molar-refractivity contribution in [1.82, 2.24) is 14.8 Å². The summed E-state index contributed by atoms with van der Waals surface area (Å²) in [5.41, 5.74) is 2.04. The molecule has 1 amide bonds. The topological polar surface area (TPSA) is 91.8 Å². The van der Waals surface area contributed by atoms with Crippen LogP contribution in [0.2, 0.25) is 5.02 Å². The van der Waals surface area contributed by atoms with Gasteiger partial charge in [0.15, 0.2) is 6.10 Å². The van der Waals surface area contributed by atoms with E-state index in [1.165, 1.54) is 4.31 Å². The number of rotatable bonds is 8. The second kappa shape index (κ2) is 10.5. The van der Waals surface area contributed by atoms with Gasteiger partial charge in [0.05, 0.1) is 5.02 Å². The van der Waals surface area contributed by atoms with E-state index in [2.05, 4.69) is 16.8 Å². The number of nitrogens with zero attached hydrogens (tertiary/aromatic N) is 3. The smallest absolute Gasteiger partial charge is 0.230 e. The third-order valence-electron chi connectivity index (χ3n) is 3.93. The number of anilines is 1. The van der Waals surface area contributed by atoms with Gasteiger partial charge >= 0.3 is 0 Å². The fraction of sp³-hybridized carbons (Fsp3) is 0.529. The van der Waals surface area contributed by atoms with Gasteiger partial charge in [-0.25, -0.2) is 18.9 Å². The van der Waals surface area contributed by atoms with E-state index in [1.807, 2.05) is 23.4 Å². The predicted octanol–water partition coefficient (Wildman–Crippen LogP) is 1.04. The SMILES string of the molecule is CCCC#CC(CS(=O)(=O)N1CCN(c2ccc(Cl)cn2)CC1)ONC=O. The van der Waals surface area contributed by atoms with Crippen LogP contribution in [0.25, 0.3) is 0 Å². The molecule has 1 aliphatic rings. The average Bonchev–Trinajstić information content (AvgIpc) is 2.66. The monoisotopic (exact) mass is 414 g/mol. The number of carbonyl (C=O) groups excluding carboxylic acids is 1. The third kappa shape index (κ3) is 6.66. The lowest BCUT2D eigenvalue weighted by atomic mass is 10.3. The van der Waals surface area contributed by atoms with Crippen LogP contribution in [0.3, 0.4) is 0 Å². The van der Waals surface area contributed by atoms with Crippen LogP contribution in [0, 0.1) is 11.8 Å². The molecule has 1 atom stereocenters. The summed E-state index contributed by atoms with van der Waals surface area (Å²) in [4.78, 5) is 21.7. The fourth-order valence-electron chi connectivity index (χ4n) is 2.57. The van der Waals surface area contributed by atoms with E-state index >= 15 is 0 Å². The molecule has 1 aromatic rings. The van der Waals surface area contributed by atoms with Crippen molar-refractivity contribution < 1.29 is 18.0 Å². The van der Waals surface area contributed by atoms with Crippen molar-refractivity contribution in [3.05, 3.63) is 23.4 Å². The molecule has 1 fully saturated rings. The lowest BCUT2D eigenvalue weighted by molar-refractivity contribution is -0.122. The minimum absolute atomic E-state index is 0.316. The summed E-state index contributed by atoms with van der Waals surface area (Å²) >= 11 is 5.85. The highest BCUT2D eigenvalue weighted by molar-refractivity contribution is 7.89. The molecule has 8 nitrogen and oxygen atoms in total. The van der Waals surface area contributed by atoms with E-state index in [0.717, 1.165) is 12.2 Å². The Hall–Kier alpha value is -1.86. The van der Waals surface area contributed by atoms with Gasteiger partial charge < -0.3 is 4.90 Å². The number of hydrogen-bond acceptors (Lipinski definition) is 6. The van der Waals surface area contributed by atoms with E-state index in [0.29, 0.717) is 44.0 Å². The van der Waals surface area contributed by atoms with Gasteiger partial charge in [0.1, 0.15) is 11.6 Å². The number of aromatic nitrogens is 1. The number of amides is 1. The molecule has 1 aromatic heterocycles. The van der Waals surface area contributed by atoms with Crippen LogP contribution >= 0.6 is 11.6 Å². The van der Waals surface area contributed by atoms with Gasteiger partial charge in [0.2, 0.25) is 16.4 Å². The number of nitrogens with one attached hydrogen (secondary N) is 1.